The average Bonchev–Trinajstić information content (AvgIpc) is 3.04. The third-order valence-corrected chi connectivity index (χ3v) is 4.22. The largest absolute Gasteiger partial charge is 0.450 e. The van der Waals surface area contributed by atoms with Crippen LogP contribution in [0.15, 0.2) is 60.7 Å². The van der Waals surface area contributed by atoms with E-state index in [9.17, 15) is 9.90 Å². The van der Waals surface area contributed by atoms with Crippen molar-refractivity contribution in [1.29, 1.82) is 0 Å². The summed E-state index contributed by atoms with van der Waals surface area (Å²) in [5.74, 6) is -0.492. The van der Waals surface area contributed by atoms with E-state index in [0.717, 1.165) is 5.56 Å². The van der Waals surface area contributed by atoms with Gasteiger partial charge in [0.25, 0.3) is 0 Å². The molecule has 1 aliphatic rings. The minimum absolute atomic E-state index is 0.265. The van der Waals surface area contributed by atoms with Crippen molar-refractivity contribution in [3.63, 3.8) is 0 Å². The zero-order valence-electron chi connectivity index (χ0n) is 14.5. The number of esters is 1. The van der Waals surface area contributed by atoms with Crippen LogP contribution in [0.25, 0.3) is 0 Å². The molecule has 0 aromatic heterocycles. The zero-order valence-corrected chi connectivity index (χ0v) is 14.5. The van der Waals surface area contributed by atoms with E-state index in [2.05, 4.69) is 0 Å². The number of hydrogen-bond donors (Lipinski definition) is 1. The molecule has 0 unspecified atom stereocenters. The number of ether oxygens (including phenoxy) is 4. The molecular weight excluding hydrogens is 336 g/mol. The molecule has 1 heterocycles. The van der Waals surface area contributed by atoms with Gasteiger partial charge in [-0.15, -0.1) is 0 Å². The summed E-state index contributed by atoms with van der Waals surface area (Å²) in [4.78, 5) is 12.4. The monoisotopic (exact) mass is 358 g/mol. The van der Waals surface area contributed by atoms with Gasteiger partial charge in [-0.05, 0) is 17.7 Å². The second-order valence-electron chi connectivity index (χ2n) is 5.96. The highest BCUT2D eigenvalue weighted by Gasteiger charge is 2.48. The van der Waals surface area contributed by atoms with Crippen LogP contribution in [0, 0.1) is 0 Å². The predicted molar refractivity (Wildman–Crippen MR) is 93.4 cm³/mol. The Morgan fingerprint density at radius 2 is 1.69 bits per heavy atom. The third kappa shape index (κ3) is 4.28. The van der Waals surface area contributed by atoms with E-state index in [0.29, 0.717) is 12.2 Å². The topological polar surface area (TPSA) is 74.2 Å². The molecule has 2 aromatic rings. The van der Waals surface area contributed by atoms with Gasteiger partial charge in [0.05, 0.1) is 18.8 Å². The van der Waals surface area contributed by atoms with Gasteiger partial charge in [0.2, 0.25) is 0 Å². The minimum Gasteiger partial charge on any atom is -0.450 e. The van der Waals surface area contributed by atoms with Crippen molar-refractivity contribution in [1.82, 2.24) is 0 Å². The number of aliphatic hydroxyl groups is 1. The molecule has 0 amide bonds. The van der Waals surface area contributed by atoms with E-state index in [-0.39, 0.29) is 6.61 Å². The molecule has 0 bridgehead atoms. The van der Waals surface area contributed by atoms with Crippen LogP contribution in [0.3, 0.4) is 0 Å². The number of hydrogen-bond acceptors (Lipinski definition) is 6. The first-order valence-electron chi connectivity index (χ1n) is 8.43. The van der Waals surface area contributed by atoms with Crippen molar-refractivity contribution in [2.75, 3.05) is 13.7 Å². The Morgan fingerprint density at radius 3 is 2.31 bits per heavy atom. The van der Waals surface area contributed by atoms with E-state index >= 15 is 0 Å². The van der Waals surface area contributed by atoms with Crippen LogP contribution in [-0.2, 0) is 25.6 Å². The van der Waals surface area contributed by atoms with Gasteiger partial charge in [-0.1, -0.05) is 48.5 Å². The van der Waals surface area contributed by atoms with Gasteiger partial charge in [0, 0.05) is 7.11 Å². The fourth-order valence-corrected chi connectivity index (χ4v) is 2.89. The summed E-state index contributed by atoms with van der Waals surface area (Å²) in [6, 6.07) is 18.3. The molecule has 6 heteroatoms. The van der Waals surface area contributed by atoms with Crippen LogP contribution in [0.2, 0.25) is 0 Å². The predicted octanol–water partition coefficient (Wildman–Crippen LogP) is 2.16. The van der Waals surface area contributed by atoms with Gasteiger partial charge in [0.1, 0.15) is 12.2 Å². The molecule has 0 spiro atoms. The van der Waals surface area contributed by atoms with Crippen LogP contribution >= 0.6 is 0 Å². The van der Waals surface area contributed by atoms with Gasteiger partial charge in [0.15, 0.2) is 12.4 Å². The molecule has 6 nitrogen and oxygen atoms in total. The first-order chi connectivity index (χ1) is 12.7. The van der Waals surface area contributed by atoms with Crippen molar-refractivity contribution in [2.24, 2.45) is 0 Å². The lowest BCUT2D eigenvalue weighted by molar-refractivity contribution is -0.154. The molecule has 0 saturated carbocycles. The number of aliphatic hydroxyl groups excluding tert-OH is 1. The molecule has 138 valence electrons. The molecule has 1 aliphatic heterocycles. The number of carbonyl (C=O) groups excluding carboxylic acids is 1. The average molecular weight is 358 g/mol. The zero-order chi connectivity index (χ0) is 18.4. The Kier molecular flexibility index (Phi) is 6.35. The van der Waals surface area contributed by atoms with Crippen LogP contribution in [-0.4, -0.2) is 49.4 Å². The number of benzene rings is 2. The molecule has 2 aromatic carbocycles. The van der Waals surface area contributed by atoms with Crippen molar-refractivity contribution in [3.8, 4) is 0 Å². The van der Waals surface area contributed by atoms with E-state index in [1.165, 1.54) is 7.11 Å². The van der Waals surface area contributed by atoms with E-state index < -0.39 is 30.6 Å². The van der Waals surface area contributed by atoms with Crippen LogP contribution in [0.1, 0.15) is 15.9 Å². The smallest absolute Gasteiger partial charge is 0.338 e. The molecule has 3 rings (SSSR count). The summed E-state index contributed by atoms with van der Waals surface area (Å²) >= 11 is 0. The highest BCUT2D eigenvalue weighted by molar-refractivity contribution is 5.89. The number of rotatable bonds is 7. The van der Waals surface area contributed by atoms with Gasteiger partial charge in [-0.2, -0.15) is 0 Å². The molecule has 26 heavy (non-hydrogen) atoms. The Morgan fingerprint density at radius 1 is 1.04 bits per heavy atom. The maximum absolute atomic E-state index is 12.4. The molecule has 0 aliphatic carbocycles. The second-order valence-corrected chi connectivity index (χ2v) is 5.96. The van der Waals surface area contributed by atoms with E-state index in [4.69, 9.17) is 18.9 Å². The fourth-order valence-electron chi connectivity index (χ4n) is 2.89. The Hall–Kier alpha value is -2.25. The standard InChI is InChI=1S/C20H22O6/c1-23-20-18(26-19(22)15-10-6-3-7-11-15)17(16(12-21)25-20)24-13-14-8-4-2-5-9-14/h2-11,16-18,20-21H,12-13H2,1H3/t16-,17-,18+,20+/m1/s1. The van der Waals surface area contributed by atoms with Gasteiger partial charge < -0.3 is 24.1 Å². The van der Waals surface area contributed by atoms with Crippen LogP contribution in [0.5, 0.6) is 0 Å². The molecular formula is C20H22O6. The first-order valence-corrected chi connectivity index (χ1v) is 8.43. The van der Waals surface area contributed by atoms with E-state index in [1.807, 2.05) is 36.4 Å². The van der Waals surface area contributed by atoms with Crippen LogP contribution < -0.4 is 0 Å². The second kappa shape index (κ2) is 8.91. The molecule has 4 atom stereocenters. The highest BCUT2D eigenvalue weighted by Crippen LogP contribution is 2.28. The Balaban J connectivity index is 1.73. The lowest BCUT2D eigenvalue weighted by atomic mass is 10.1. The normalized spacial score (nSPS) is 25.2. The quantitative estimate of drug-likeness (QED) is 0.765. The van der Waals surface area contributed by atoms with Crippen molar-refractivity contribution >= 4 is 5.97 Å². The van der Waals surface area contributed by atoms with Crippen molar-refractivity contribution < 1.29 is 28.8 Å². The Bertz CT molecular complexity index is 690. The lowest BCUT2D eigenvalue weighted by Crippen LogP contribution is -2.40. The highest BCUT2D eigenvalue weighted by atomic mass is 16.7. The third-order valence-electron chi connectivity index (χ3n) is 4.22. The lowest BCUT2D eigenvalue weighted by Gasteiger charge is -2.23. The minimum atomic E-state index is -0.805. The SMILES string of the molecule is CO[C@H]1O[C@H](CO)[C@@H](OCc2ccccc2)[C@@H]1OC(=O)c1ccccc1. The number of methoxy groups -OCH3 is 1. The van der Waals surface area contributed by atoms with Crippen molar-refractivity contribution in [3.05, 3.63) is 71.8 Å². The molecule has 1 N–H and O–H groups in total. The summed E-state index contributed by atoms with van der Waals surface area (Å²) in [6.07, 6.45) is -2.87. The summed E-state index contributed by atoms with van der Waals surface area (Å²) in [5, 5.41) is 9.61. The summed E-state index contributed by atoms with van der Waals surface area (Å²) in [5.41, 5.74) is 1.40. The molecule has 0 radical (unpaired) electrons. The fraction of sp³-hybridized carbons (Fsp3) is 0.350. The van der Waals surface area contributed by atoms with Gasteiger partial charge >= 0.3 is 5.97 Å². The maximum Gasteiger partial charge on any atom is 0.338 e. The van der Waals surface area contributed by atoms with Gasteiger partial charge in [-0.25, -0.2) is 4.79 Å². The molecule has 1 saturated heterocycles. The maximum atomic E-state index is 12.4. The summed E-state index contributed by atoms with van der Waals surface area (Å²) in [7, 11) is 1.46. The van der Waals surface area contributed by atoms with E-state index in [1.54, 1.807) is 24.3 Å². The van der Waals surface area contributed by atoms with Gasteiger partial charge in [-0.3, -0.25) is 0 Å². The summed E-state index contributed by atoms with van der Waals surface area (Å²) in [6.45, 7) is 0.0416. The Labute approximate surface area is 152 Å². The number of carbonyl (C=O) groups is 1. The molecule has 1 fully saturated rings. The first kappa shape index (κ1) is 18.5. The summed E-state index contributed by atoms with van der Waals surface area (Å²) < 4.78 is 22.5. The van der Waals surface area contributed by atoms with Crippen LogP contribution in [0.4, 0.5) is 0 Å². The van der Waals surface area contributed by atoms with Crippen molar-refractivity contribution in [2.45, 2.75) is 31.2 Å².